The Bertz CT molecular complexity index is 671. The summed E-state index contributed by atoms with van der Waals surface area (Å²) in [6, 6.07) is 10.0. The summed E-state index contributed by atoms with van der Waals surface area (Å²) in [6.07, 6.45) is 5.11. The molecule has 0 unspecified atom stereocenters. The lowest BCUT2D eigenvalue weighted by Crippen LogP contribution is -2.52. The molecule has 1 aliphatic rings. The molecule has 0 saturated carbocycles. The summed E-state index contributed by atoms with van der Waals surface area (Å²) in [5, 5.41) is 10.8. The lowest BCUT2D eigenvalue weighted by molar-refractivity contribution is -0.126. The van der Waals surface area contributed by atoms with Gasteiger partial charge in [-0.25, -0.2) is 0 Å². The second-order valence-corrected chi connectivity index (χ2v) is 7.30. The Labute approximate surface area is 159 Å². The van der Waals surface area contributed by atoms with E-state index < -0.39 is 5.54 Å². The highest BCUT2D eigenvalue weighted by Crippen LogP contribution is 2.29. The number of benzene rings is 1. The van der Waals surface area contributed by atoms with Crippen molar-refractivity contribution in [3.05, 3.63) is 48.3 Å². The quantitative estimate of drug-likeness (QED) is 0.807. The number of amides is 1. The Morgan fingerprint density at radius 1 is 1.36 bits per heavy atom. The number of nitrogens with zero attached hydrogens (tertiary/aromatic N) is 2. The molecule has 1 saturated heterocycles. The largest absolute Gasteiger partial charge is 0.324 e. The summed E-state index contributed by atoms with van der Waals surface area (Å²) >= 11 is 1.88. The van der Waals surface area contributed by atoms with Crippen molar-refractivity contribution in [3.8, 4) is 0 Å². The average molecular weight is 381 g/mol. The van der Waals surface area contributed by atoms with Crippen molar-refractivity contribution in [2.75, 3.05) is 24.2 Å². The van der Waals surface area contributed by atoms with Crippen molar-refractivity contribution >= 4 is 35.8 Å². The molecule has 0 aliphatic carbocycles. The maximum atomic E-state index is 13.1. The zero-order valence-corrected chi connectivity index (χ0v) is 16.0. The number of rotatable bonds is 6. The lowest BCUT2D eigenvalue weighted by Gasteiger charge is -2.36. The topological polar surface area (TPSA) is 59.0 Å². The third kappa shape index (κ3) is 4.57. The number of hydrogen-bond donors (Lipinski definition) is 2. The summed E-state index contributed by atoms with van der Waals surface area (Å²) in [7, 11) is 0. The van der Waals surface area contributed by atoms with E-state index >= 15 is 0 Å². The van der Waals surface area contributed by atoms with Crippen LogP contribution in [0.2, 0.25) is 0 Å². The number of anilines is 1. The molecule has 2 N–H and O–H groups in total. The minimum atomic E-state index is -0.608. The second-order valence-electron chi connectivity index (χ2n) is 6.02. The Balaban J connectivity index is 0.00000225. The van der Waals surface area contributed by atoms with Gasteiger partial charge in [-0.1, -0.05) is 19.1 Å². The number of hydrogen-bond acceptors (Lipinski definition) is 4. The second kappa shape index (κ2) is 9.27. The smallest absolute Gasteiger partial charge is 0.252 e. The molecule has 0 radical (unpaired) electrons. The molecule has 7 heteroatoms. The summed E-state index contributed by atoms with van der Waals surface area (Å²) < 4.78 is 1.82. The van der Waals surface area contributed by atoms with Gasteiger partial charge in [-0.2, -0.15) is 16.9 Å². The highest BCUT2D eigenvalue weighted by Gasteiger charge is 2.42. The summed E-state index contributed by atoms with van der Waals surface area (Å²) in [4.78, 5) is 13.1. The van der Waals surface area contributed by atoms with E-state index in [9.17, 15) is 4.79 Å². The Kier molecular flexibility index (Phi) is 7.35. The zero-order chi connectivity index (χ0) is 16.8. The van der Waals surface area contributed by atoms with Crippen molar-refractivity contribution in [2.45, 2.75) is 31.1 Å². The Hall–Kier alpha value is -1.50. The van der Waals surface area contributed by atoms with E-state index in [0.29, 0.717) is 0 Å². The molecule has 5 nitrogen and oxygen atoms in total. The van der Waals surface area contributed by atoms with E-state index in [2.05, 4.69) is 34.8 Å². The van der Waals surface area contributed by atoms with E-state index in [1.807, 2.05) is 40.8 Å². The SMILES string of the molecule is CCSCc1cccc(NC(=O)C2(n3cccn3)CCNCC2)c1.Cl. The van der Waals surface area contributed by atoms with E-state index in [1.165, 1.54) is 5.56 Å². The highest BCUT2D eigenvalue weighted by molar-refractivity contribution is 7.98. The van der Waals surface area contributed by atoms with Gasteiger partial charge in [0.15, 0.2) is 0 Å². The predicted octanol–water partition coefficient (Wildman–Crippen LogP) is 3.28. The molecule has 25 heavy (non-hydrogen) atoms. The molecule has 1 aromatic heterocycles. The summed E-state index contributed by atoms with van der Waals surface area (Å²) in [6.45, 7) is 3.79. The van der Waals surface area contributed by atoms with E-state index in [0.717, 1.165) is 43.1 Å². The standard InChI is InChI=1S/C18H24N4OS.ClH/c1-2-24-14-15-5-3-6-16(13-15)21-17(23)18(7-10-19-11-8-18)22-12-4-9-20-22;/h3-6,9,12-13,19H,2,7-8,10-11,14H2,1H3,(H,21,23);1H. The maximum Gasteiger partial charge on any atom is 0.252 e. The average Bonchev–Trinajstić information content (AvgIpc) is 3.16. The lowest BCUT2D eigenvalue weighted by atomic mass is 9.87. The van der Waals surface area contributed by atoms with E-state index in [4.69, 9.17) is 0 Å². The third-order valence-corrected chi connectivity index (χ3v) is 5.40. The first-order chi connectivity index (χ1) is 11.7. The fraction of sp³-hybridized carbons (Fsp3) is 0.444. The van der Waals surface area contributed by atoms with Gasteiger partial charge in [0.2, 0.25) is 0 Å². The summed E-state index contributed by atoms with van der Waals surface area (Å²) in [5.41, 5.74) is 1.49. The van der Waals surface area contributed by atoms with Gasteiger partial charge in [-0.3, -0.25) is 9.48 Å². The van der Waals surface area contributed by atoms with Gasteiger partial charge in [-0.15, -0.1) is 12.4 Å². The number of nitrogens with one attached hydrogen (secondary N) is 2. The van der Waals surface area contributed by atoms with Crippen LogP contribution in [0.25, 0.3) is 0 Å². The molecule has 0 spiro atoms. The van der Waals surface area contributed by atoms with Crippen LogP contribution in [0.3, 0.4) is 0 Å². The molecule has 1 aliphatic heterocycles. The fourth-order valence-electron chi connectivity index (χ4n) is 3.13. The van der Waals surface area contributed by atoms with Gasteiger partial charge in [-0.05, 0) is 55.4 Å². The fourth-order valence-corrected chi connectivity index (χ4v) is 3.75. The Morgan fingerprint density at radius 3 is 2.84 bits per heavy atom. The van der Waals surface area contributed by atoms with Crippen molar-refractivity contribution in [1.82, 2.24) is 15.1 Å². The van der Waals surface area contributed by atoms with Crippen LogP contribution in [0.5, 0.6) is 0 Å². The molecule has 2 heterocycles. The van der Waals surface area contributed by atoms with Crippen LogP contribution < -0.4 is 10.6 Å². The number of thioether (sulfide) groups is 1. The number of aromatic nitrogens is 2. The molecule has 1 aromatic carbocycles. The normalized spacial score (nSPS) is 16.0. The van der Waals surface area contributed by atoms with Gasteiger partial charge < -0.3 is 10.6 Å². The van der Waals surface area contributed by atoms with Crippen LogP contribution in [-0.2, 0) is 16.1 Å². The third-order valence-electron chi connectivity index (χ3n) is 4.45. The van der Waals surface area contributed by atoms with Gasteiger partial charge in [0.05, 0.1) is 0 Å². The first-order valence-corrected chi connectivity index (χ1v) is 9.59. The van der Waals surface area contributed by atoms with Crippen LogP contribution in [0, 0.1) is 0 Å². The van der Waals surface area contributed by atoms with Crippen LogP contribution in [-0.4, -0.2) is 34.5 Å². The number of halogens is 1. The van der Waals surface area contributed by atoms with E-state index in [-0.39, 0.29) is 18.3 Å². The minimum absolute atomic E-state index is 0. The molecular formula is C18H25ClN4OS. The van der Waals surface area contributed by atoms with Gasteiger partial charge >= 0.3 is 0 Å². The zero-order valence-electron chi connectivity index (χ0n) is 14.4. The first-order valence-electron chi connectivity index (χ1n) is 8.43. The van der Waals surface area contributed by atoms with Crippen LogP contribution in [0.4, 0.5) is 5.69 Å². The number of carbonyl (C=O) groups excluding carboxylic acids is 1. The molecule has 2 aromatic rings. The predicted molar refractivity (Wildman–Crippen MR) is 106 cm³/mol. The molecule has 3 rings (SSSR count). The molecule has 136 valence electrons. The number of carbonyl (C=O) groups is 1. The van der Waals surface area contributed by atoms with Crippen LogP contribution in [0.15, 0.2) is 42.7 Å². The Morgan fingerprint density at radius 2 is 2.16 bits per heavy atom. The number of piperidine rings is 1. The molecule has 1 fully saturated rings. The minimum Gasteiger partial charge on any atom is -0.324 e. The van der Waals surface area contributed by atoms with Gasteiger partial charge in [0.1, 0.15) is 5.54 Å². The van der Waals surface area contributed by atoms with Gasteiger partial charge in [0.25, 0.3) is 5.91 Å². The molecule has 0 atom stereocenters. The van der Waals surface area contributed by atoms with Crippen LogP contribution >= 0.6 is 24.2 Å². The summed E-state index contributed by atoms with van der Waals surface area (Å²) in [5.74, 6) is 2.08. The van der Waals surface area contributed by atoms with Crippen molar-refractivity contribution in [1.29, 1.82) is 0 Å². The van der Waals surface area contributed by atoms with Crippen molar-refractivity contribution < 1.29 is 4.79 Å². The monoisotopic (exact) mass is 380 g/mol. The maximum absolute atomic E-state index is 13.1. The molecular weight excluding hydrogens is 356 g/mol. The van der Waals surface area contributed by atoms with Crippen molar-refractivity contribution in [3.63, 3.8) is 0 Å². The molecule has 1 amide bonds. The van der Waals surface area contributed by atoms with E-state index in [1.54, 1.807) is 6.20 Å². The first kappa shape index (κ1) is 19.8. The van der Waals surface area contributed by atoms with Crippen LogP contribution in [0.1, 0.15) is 25.3 Å². The highest BCUT2D eigenvalue weighted by atomic mass is 35.5. The van der Waals surface area contributed by atoms with Crippen molar-refractivity contribution in [2.24, 2.45) is 0 Å². The van der Waals surface area contributed by atoms with Gasteiger partial charge in [0, 0.05) is 23.8 Å². The molecule has 0 bridgehead atoms.